The highest BCUT2D eigenvalue weighted by molar-refractivity contribution is 5.93. The fourth-order valence-corrected chi connectivity index (χ4v) is 2.50. The zero-order chi connectivity index (χ0) is 17.6. The van der Waals surface area contributed by atoms with Crippen LogP contribution in [0.2, 0.25) is 0 Å². The minimum atomic E-state index is -0.114. The summed E-state index contributed by atoms with van der Waals surface area (Å²) in [6.07, 6.45) is 0. The molecule has 0 atom stereocenters. The van der Waals surface area contributed by atoms with Gasteiger partial charge in [-0.3, -0.25) is 0 Å². The molecule has 0 saturated carbocycles. The largest absolute Gasteiger partial charge is 0.370 e. The Bertz CT molecular complexity index is 891. The fourth-order valence-electron chi connectivity index (χ4n) is 2.50. The first-order valence-electron chi connectivity index (χ1n) is 7.81. The molecule has 3 rings (SSSR count). The molecule has 0 saturated heterocycles. The van der Waals surface area contributed by atoms with E-state index in [9.17, 15) is 0 Å². The standard InChI is InChI=1S/C20H19N5/c21-19(22)25-20(23)24-18-12-10-17(11-13-18)16-8-6-15(7-9-16)14-4-2-1-3-5-14/h1-13H,(H6,21,22,23,24,25). The molecule has 25 heavy (non-hydrogen) atoms. The summed E-state index contributed by atoms with van der Waals surface area (Å²) in [5, 5.41) is 0. The number of aliphatic imine (C=N–C) groups is 2. The Kier molecular flexibility index (Phi) is 4.76. The highest BCUT2D eigenvalue weighted by atomic mass is 15.1. The molecule has 0 radical (unpaired) electrons. The Morgan fingerprint density at radius 3 is 1.48 bits per heavy atom. The molecule has 0 unspecified atom stereocenters. The number of hydrogen-bond acceptors (Lipinski definition) is 1. The zero-order valence-corrected chi connectivity index (χ0v) is 13.6. The maximum absolute atomic E-state index is 5.63. The first kappa shape index (κ1) is 16.3. The molecule has 6 N–H and O–H groups in total. The molecule has 0 bridgehead atoms. The van der Waals surface area contributed by atoms with E-state index in [1.54, 1.807) is 0 Å². The van der Waals surface area contributed by atoms with E-state index >= 15 is 0 Å². The summed E-state index contributed by atoms with van der Waals surface area (Å²) in [6, 6.07) is 26.5. The third kappa shape index (κ3) is 4.23. The third-order valence-corrected chi connectivity index (χ3v) is 3.68. The lowest BCUT2D eigenvalue weighted by atomic mass is 10.0. The zero-order valence-electron chi connectivity index (χ0n) is 13.6. The molecule has 0 fully saturated rings. The van der Waals surface area contributed by atoms with Gasteiger partial charge in [0, 0.05) is 0 Å². The quantitative estimate of drug-likeness (QED) is 0.507. The van der Waals surface area contributed by atoms with Crippen LogP contribution in [0.25, 0.3) is 22.3 Å². The smallest absolute Gasteiger partial charge is 0.223 e. The van der Waals surface area contributed by atoms with Crippen molar-refractivity contribution in [2.45, 2.75) is 0 Å². The number of hydrogen-bond donors (Lipinski definition) is 3. The second kappa shape index (κ2) is 7.31. The summed E-state index contributed by atoms with van der Waals surface area (Å²) >= 11 is 0. The summed E-state index contributed by atoms with van der Waals surface area (Å²) in [4.78, 5) is 7.83. The van der Waals surface area contributed by atoms with E-state index in [2.05, 4.69) is 46.4 Å². The van der Waals surface area contributed by atoms with Crippen LogP contribution in [-0.4, -0.2) is 11.9 Å². The molecule has 0 spiro atoms. The molecular formula is C20H19N5. The fraction of sp³-hybridized carbons (Fsp3) is 0. The van der Waals surface area contributed by atoms with Crippen molar-refractivity contribution in [1.82, 2.24) is 0 Å². The Balaban J connectivity index is 1.80. The molecule has 5 nitrogen and oxygen atoms in total. The van der Waals surface area contributed by atoms with E-state index in [-0.39, 0.29) is 11.9 Å². The van der Waals surface area contributed by atoms with Crippen molar-refractivity contribution in [3.8, 4) is 22.3 Å². The van der Waals surface area contributed by atoms with Crippen molar-refractivity contribution in [3.05, 3.63) is 78.9 Å². The van der Waals surface area contributed by atoms with Crippen molar-refractivity contribution in [3.63, 3.8) is 0 Å². The molecule has 3 aromatic rings. The van der Waals surface area contributed by atoms with Crippen LogP contribution in [-0.2, 0) is 0 Å². The summed E-state index contributed by atoms with van der Waals surface area (Å²) in [7, 11) is 0. The topological polar surface area (TPSA) is 103 Å². The lowest BCUT2D eigenvalue weighted by molar-refractivity contribution is 1.38. The molecule has 3 aromatic carbocycles. The van der Waals surface area contributed by atoms with Gasteiger partial charge in [0.2, 0.25) is 5.96 Å². The number of guanidine groups is 2. The summed E-state index contributed by atoms with van der Waals surface area (Å²) in [6.45, 7) is 0. The van der Waals surface area contributed by atoms with Crippen molar-refractivity contribution in [1.29, 1.82) is 0 Å². The van der Waals surface area contributed by atoms with Crippen molar-refractivity contribution < 1.29 is 0 Å². The SMILES string of the molecule is NC(N)=NC(N)=Nc1ccc(-c2ccc(-c3ccccc3)cc2)cc1. The van der Waals surface area contributed by atoms with Gasteiger partial charge in [0.1, 0.15) is 0 Å². The Hall–Kier alpha value is -3.60. The second-order valence-electron chi connectivity index (χ2n) is 5.50. The number of rotatable bonds is 3. The Labute approximate surface area is 146 Å². The summed E-state index contributed by atoms with van der Waals surface area (Å²) in [5.41, 5.74) is 21.5. The highest BCUT2D eigenvalue weighted by Crippen LogP contribution is 2.26. The van der Waals surface area contributed by atoms with Gasteiger partial charge in [-0.15, -0.1) is 0 Å². The van der Waals surface area contributed by atoms with Crippen LogP contribution < -0.4 is 17.2 Å². The van der Waals surface area contributed by atoms with Gasteiger partial charge in [-0.2, -0.15) is 4.99 Å². The van der Waals surface area contributed by atoms with Crippen molar-refractivity contribution in [2.75, 3.05) is 0 Å². The highest BCUT2D eigenvalue weighted by Gasteiger charge is 2.01. The Morgan fingerprint density at radius 1 is 0.560 bits per heavy atom. The molecule has 0 aliphatic carbocycles. The van der Waals surface area contributed by atoms with E-state index < -0.39 is 0 Å². The second-order valence-corrected chi connectivity index (χ2v) is 5.50. The maximum atomic E-state index is 5.63. The van der Waals surface area contributed by atoms with E-state index in [0.29, 0.717) is 5.69 Å². The third-order valence-electron chi connectivity index (χ3n) is 3.68. The van der Waals surface area contributed by atoms with Gasteiger partial charge in [0.05, 0.1) is 5.69 Å². The van der Waals surface area contributed by atoms with Crippen molar-refractivity contribution in [2.24, 2.45) is 27.2 Å². The molecule has 0 aliphatic rings. The van der Waals surface area contributed by atoms with Crippen LogP contribution in [0.15, 0.2) is 88.8 Å². The predicted octanol–water partition coefficient (Wildman–Crippen LogP) is 3.24. The van der Waals surface area contributed by atoms with Crippen LogP contribution in [0.4, 0.5) is 5.69 Å². The van der Waals surface area contributed by atoms with E-state index in [4.69, 9.17) is 17.2 Å². The van der Waals surface area contributed by atoms with E-state index in [1.165, 1.54) is 11.1 Å². The monoisotopic (exact) mass is 329 g/mol. The van der Waals surface area contributed by atoms with Gasteiger partial charge in [0.15, 0.2) is 5.96 Å². The van der Waals surface area contributed by atoms with E-state index in [0.717, 1.165) is 11.1 Å². The van der Waals surface area contributed by atoms with Crippen LogP contribution in [0.5, 0.6) is 0 Å². The van der Waals surface area contributed by atoms with Gasteiger partial charge in [-0.05, 0) is 34.4 Å². The van der Waals surface area contributed by atoms with Crippen LogP contribution >= 0.6 is 0 Å². The molecule has 0 heterocycles. The summed E-state index contributed by atoms with van der Waals surface area (Å²) in [5.74, 6) is -0.0867. The predicted molar refractivity (Wildman–Crippen MR) is 104 cm³/mol. The van der Waals surface area contributed by atoms with Gasteiger partial charge >= 0.3 is 0 Å². The molecule has 0 aromatic heterocycles. The normalized spacial score (nSPS) is 11.1. The van der Waals surface area contributed by atoms with Crippen molar-refractivity contribution >= 4 is 17.6 Å². The average molecular weight is 329 g/mol. The molecule has 124 valence electrons. The van der Waals surface area contributed by atoms with Crippen LogP contribution in [0, 0.1) is 0 Å². The lowest BCUT2D eigenvalue weighted by Crippen LogP contribution is -2.26. The summed E-state index contributed by atoms with van der Waals surface area (Å²) < 4.78 is 0. The van der Waals surface area contributed by atoms with Gasteiger partial charge in [-0.1, -0.05) is 66.7 Å². The molecule has 5 heteroatoms. The Morgan fingerprint density at radius 2 is 1.00 bits per heavy atom. The van der Waals surface area contributed by atoms with Crippen LogP contribution in [0.3, 0.4) is 0 Å². The van der Waals surface area contributed by atoms with Gasteiger partial charge < -0.3 is 17.2 Å². The van der Waals surface area contributed by atoms with E-state index in [1.807, 2.05) is 42.5 Å². The minimum Gasteiger partial charge on any atom is -0.370 e. The lowest BCUT2D eigenvalue weighted by Gasteiger charge is -2.05. The van der Waals surface area contributed by atoms with Gasteiger partial charge in [0.25, 0.3) is 0 Å². The molecule has 0 aliphatic heterocycles. The number of nitrogens with two attached hydrogens (primary N) is 3. The van der Waals surface area contributed by atoms with Crippen LogP contribution in [0.1, 0.15) is 0 Å². The molecule has 0 amide bonds. The first-order valence-corrected chi connectivity index (χ1v) is 7.81. The number of nitrogens with zero attached hydrogens (tertiary/aromatic N) is 2. The number of benzene rings is 3. The van der Waals surface area contributed by atoms with Gasteiger partial charge in [-0.25, -0.2) is 4.99 Å². The maximum Gasteiger partial charge on any atom is 0.223 e. The average Bonchev–Trinajstić information content (AvgIpc) is 2.62. The minimum absolute atomic E-state index is 0.0277. The molecular weight excluding hydrogens is 310 g/mol. The first-order chi connectivity index (χ1) is 12.1.